The van der Waals surface area contributed by atoms with Crippen LogP contribution in [0.4, 0.5) is 18.9 Å². The lowest BCUT2D eigenvalue weighted by Gasteiger charge is -2.36. The zero-order valence-electron chi connectivity index (χ0n) is 16.6. The van der Waals surface area contributed by atoms with Crippen molar-refractivity contribution in [2.45, 2.75) is 31.5 Å². The van der Waals surface area contributed by atoms with E-state index in [-0.39, 0.29) is 0 Å². The number of hydrogen-bond acceptors (Lipinski definition) is 3. The Morgan fingerprint density at radius 2 is 1.59 bits per heavy atom. The summed E-state index contributed by atoms with van der Waals surface area (Å²) < 4.78 is 40.1. The predicted molar refractivity (Wildman–Crippen MR) is 110 cm³/mol. The van der Waals surface area contributed by atoms with E-state index >= 15 is 0 Å². The summed E-state index contributed by atoms with van der Waals surface area (Å²) in [5, 5.41) is 3.33. The molecule has 0 atom stereocenters. The molecule has 0 aliphatic carbocycles. The summed E-state index contributed by atoms with van der Waals surface area (Å²) in [7, 11) is 0. The van der Waals surface area contributed by atoms with Gasteiger partial charge in [0.2, 0.25) is 0 Å². The van der Waals surface area contributed by atoms with Crippen LogP contribution in [0.5, 0.6) is 0 Å². The minimum atomic E-state index is -4.31. The lowest BCUT2D eigenvalue weighted by molar-refractivity contribution is -0.137. The first-order valence-corrected chi connectivity index (χ1v) is 10.4. The van der Waals surface area contributed by atoms with Crippen molar-refractivity contribution in [3.05, 3.63) is 65.2 Å². The van der Waals surface area contributed by atoms with Crippen molar-refractivity contribution in [3.63, 3.8) is 0 Å². The van der Waals surface area contributed by atoms with Crippen LogP contribution in [-0.4, -0.2) is 44.2 Å². The molecule has 0 spiro atoms. The third-order valence-corrected chi connectivity index (χ3v) is 6.12. The highest BCUT2D eigenvalue weighted by Crippen LogP contribution is 2.36. The molecule has 6 heteroatoms. The number of anilines is 1. The molecule has 0 saturated carbocycles. The number of piperazine rings is 1. The zero-order chi connectivity index (χ0) is 20.3. The van der Waals surface area contributed by atoms with Gasteiger partial charge in [-0.05, 0) is 42.0 Å². The molecule has 156 valence electrons. The molecule has 2 aliphatic heterocycles. The summed E-state index contributed by atoms with van der Waals surface area (Å²) in [5.41, 5.74) is 2.53. The second-order valence-electron chi connectivity index (χ2n) is 8.04. The van der Waals surface area contributed by atoms with E-state index in [2.05, 4.69) is 39.4 Å². The average molecular weight is 403 g/mol. The molecular formula is C23H28F3N3. The first kappa shape index (κ1) is 20.2. The third kappa shape index (κ3) is 4.93. The Hall–Kier alpha value is -2.05. The molecule has 1 N–H and O–H groups in total. The van der Waals surface area contributed by atoms with Crippen molar-refractivity contribution in [3.8, 4) is 0 Å². The quantitative estimate of drug-likeness (QED) is 0.811. The highest BCUT2D eigenvalue weighted by atomic mass is 19.4. The SMILES string of the molecule is FC(F)(F)c1ccc(CN2CCNCC2)c(N2CCC(c3ccccc3)CC2)c1. The van der Waals surface area contributed by atoms with Gasteiger partial charge < -0.3 is 10.2 Å². The molecule has 3 nitrogen and oxygen atoms in total. The van der Waals surface area contributed by atoms with Gasteiger partial charge >= 0.3 is 6.18 Å². The van der Waals surface area contributed by atoms with E-state index in [4.69, 9.17) is 0 Å². The Kier molecular flexibility index (Phi) is 6.11. The van der Waals surface area contributed by atoms with Crippen molar-refractivity contribution in [1.29, 1.82) is 0 Å². The van der Waals surface area contributed by atoms with Crippen LogP contribution in [0.2, 0.25) is 0 Å². The van der Waals surface area contributed by atoms with Gasteiger partial charge in [0.05, 0.1) is 5.56 Å². The zero-order valence-corrected chi connectivity index (χ0v) is 16.6. The van der Waals surface area contributed by atoms with E-state index in [1.165, 1.54) is 17.7 Å². The van der Waals surface area contributed by atoms with Crippen LogP contribution < -0.4 is 10.2 Å². The number of hydrogen-bond donors (Lipinski definition) is 1. The fourth-order valence-corrected chi connectivity index (χ4v) is 4.46. The van der Waals surface area contributed by atoms with E-state index < -0.39 is 11.7 Å². The van der Waals surface area contributed by atoms with Crippen molar-refractivity contribution in [1.82, 2.24) is 10.2 Å². The molecule has 0 bridgehead atoms. The summed E-state index contributed by atoms with van der Waals surface area (Å²) in [5.74, 6) is 0.481. The number of halogens is 3. The van der Waals surface area contributed by atoms with Gasteiger partial charge in [0.25, 0.3) is 0 Å². The first-order valence-electron chi connectivity index (χ1n) is 10.4. The maximum Gasteiger partial charge on any atom is 0.416 e. The Morgan fingerprint density at radius 3 is 2.24 bits per heavy atom. The number of piperidine rings is 1. The van der Waals surface area contributed by atoms with E-state index in [9.17, 15) is 13.2 Å². The molecule has 2 aromatic rings. The standard InChI is InChI=1S/C23H28F3N3/c24-23(25,26)21-7-6-20(17-28-14-10-27-11-15-28)22(16-21)29-12-8-19(9-13-29)18-4-2-1-3-5-18/h1-7,16,19,27H,8-15,17H2. The Bertz CT molecular complexity index is 793. The molecule has 2 saturated heterocycles. The fraction of sp³-hybridized carbons (Fsp3) is 0.478. The molecular weight excluding hydrogens is 375 g/mol. The number of alkyl halides is 3. The van der Waals surface area contributed by atoms with Gasteiger partial charge in [-0.25, -0.2) is 0 Å². The van der Waals surface area contributed by atoms with Gasteiger partial charge in [-0.15, -0.1) is 0 Å². The van der Waals surface area contributed by atoms with E-state index in [0.717, 1.165) is 63.4 Å². The number of benzene rings is 2. The van der Waals surface area contributed by atoms with Gasteiger partial charge in [-0.2, -0.15) is 13.2 Å². The Balaban J connectivity index is 1.54. The van der Waals surface area contributed by atoms with Crippen molar-refractivity contribution in [2.75, 3.05) is 44.2 Å². The lowest BCUT2D eigenvalue weighted by atomic mass is 9.89. The average Bonchev–Trinajstić information content (AvgIpc) is 2.75. The van der Waals surface area contributed by atoms with Gasteiger partial charge in [0.15, 0.2) is 0 Å². The van der Waals surface area contributed by atoms with Crippen LogP contribution in [0.25, 0.3) is 0 Å². The number of rotatable bonds is 4. The van der Waals surface area contributed by atoms with E-state index in [1.54, 1.807) is 6.07 Å². The monoisotopic (exact) mass is 403 g/mol. The topological polar surface area (TPSA) is 18.5 Å². The summed E-state index contributed by atoms with van der Waals surface area (Å²) in [6.45, 7) is 5.99. The van der Waals surface area contributed by atoms with Crippen molar-refractivity contribution < 1.29 is 13.2 Å². The molecule has 0 aromatic heterocycles. The Morgan fingerprint density at radius 1 is 0.897 bits per heavy atom. The molecule has 2 aliphatic rings. The van der Waals surface area contributed by atoms with Crippen molar-refractivity contribution in [2.24, 2.45) is 0 Å². The molecule has 2 heterocycles. The summed E-state index contributed by atoms with van der Waals surface area (Å²) in [4.78, 5) is 4.48. The lowest BCUT2D eigenvalue weighted by Crippen LogP contribution is -2.43. The number of nitrogens with one attached hydrogen (secondary N) is 1. The smallest absolute Gasteiger partial charge is 0.371 e. The maximum absolute atomic E-state index is 13.4. The molecule has 0 unspecified atom stereocenters. The molecule has 0 amide bonds. The highest BCUT2D eigenvalue weighted by Gasteiger charge is 2.32. The Labute approximate surface area is 170 Å². The first-order chi connectivity index (χ1) is 14.0. The van der Waals surface area contributed by atoms with Crippen LogP contribution in [0.3, 0.4) is 0 Å². The second kappa shape index (κ2) is 8.76. The molecule has 29 heavy (non-hydrogen) atoms. The minimum Gasteiger partial charge on any atom is -0.371 e. The molecule has 4 rings (SSSR count). The van der Waals surface area contributed by atoms with E-state index in [1.807, 2.05) is 6.07 Å². The summed E-state index contributed by atoms with van der Waals surface area (Å²) >= 11 is 0. The predicted octanol–water partition coefficient (Wildman–Crippen LogP) is 4.49. The molecule has 2 fully saturated rings. The van der Waals surface area contributed by atoms with E-state index in [0.29, 0.717) is 12.5 Å². The summed E-state index contributed by atoms with van der Waals surface area (Å²) in [6, 6.07) is 14.7. The normalized spacial score (nSPS) is 19.5. The van der Waals surface area contributed by atoms with Crippen LogP contribution in [-0.2, 0) is 12.7 Å². The highest BCUT2D eigenvalue weighted by molar-refractivity contribution is 5.56. The number of nitrogens with zero attached hydrogens (tertiary/aromatic N) is 2. The maximum atomic E-state index is 13.4. The largest absolute Gasteiger partial charge is 0.416 e. The third-order valence-electron chi connectivity index (χ3n) is 6.12. The minimum absolute atomic E-state index is 0.481. The van der Waals surface area contributed by atoms with Crippen LogP contribution in [0, 0.1) is 0 Å². The molecule has 0 radical (unpaired) electrons. The van der Waals surface area contributed by atoms with Gasteiger partial charge in [0, 0.05) is 51.5 Å². The summed E-state index contributed by atoms with van der Waals surface area (Å²) in [6.07, 6.45) is -2.38. The van der Waals surface area contributed by atoms with Gasteiger partial charge in [-0.1, -0.05) is 36.4 Å². The molecule has 2 aromatic carbocycles. The van der Waals surface area contributed by atoms with Crippen LogP contribution in [0.15, 0.2) is 48.5 Å². The fourth-order valence-electron chi connectivity index (χ4n) is 4.46. The van der Waals surface area contributed by atoms with Gasteiger partial charge in [0.1, 0.15) is 0 Å². The van der Waals surface area contributed by atoms with Crippen LogP contribution >= 0.6 is 0 Å². The van der Waals surface area contributed by atoms with Crippen molar-refractivity contribution >= 4 is 5.69 Å². The second-order valence-corrected chi connectivity index (χ2v) is 8.04. The van der Waals surface area contributed by atoms with Gasteiger partial charge in [-0.3, -0.25) is 4.90 Å². The van der Waals surface area contributed by atoms with Crippen LogP contribution in [0.1, 0.15) is 35.4 Å².